The van der Waals surface area contributed by atoms with E-state index in [4.69, 9.17) is 23.2 Å². The Hall–Kier alpha value is -3.14. The number of hydrogen-bond acceptors (Lipinski definition) is 2. The highest BCUT2D eigenvalue weighted by molar-refractivity contribution is 6.17. The van der Waals surface area contributed by atoms with E-state index < -0.39 is 0 Å². The number of alkyl halides is 2. The Labute approximate surface area is 191 Å². The third-order valence-corrected chi connectivity index (χ3v) is 5.91. The van der Waals surface area contributed by atoms with Gasteiger partial charge in [-0.2, -0.15) is 0 Å². The van der Waals surface area contributed by atoms with Crippen molar-refractivity contribution in [1.29, 1.82) is 0 Å². The molecule has 0 heterocycles. The fourth-order valence-electron chi connectivity index (χ4n) is 3.76. The molecular formula is C26H19Cl2NO2. The highest BCUT2D eigenvalue weighted by Crippen LogP contribution is 2.36. The summed E-state index contributed by atoms with van der Waals surface area (Å²) in [7, 11) is 0. The molecule has 0 saturated carbocycles. The minimum atomic E-state index is -0.334. The summed E-state index contributed by atoms with van der Waals surface area (Å²) < 4.78 is 0. The van der Waals surface area contributed by atoms with Crippen molar-refractivity contribution in [2.24, 2.45) is 0 Å². The highest BCUT2D eigenvalue weighted by atomic mass is 35.5. The zero-order chi connectivity index (χ0) is 21.8. The number of nitrogens with zero attached hydrogens (tertiary/aromatic N) is 1. The van der Waals surface area contributed by atoms with Crippen LogP contribution < -0.4 is 0 Å². The van der Waals surface area contributed by atoms with Crippen molar-refractivity contribution >= 4 is 28.9 Å². The van der Waals surface area contributed by atoms with E-state index in [9.17, 15) is 10.1 Å². The molecule has 0 spiro atoms. The lowest BCUT2D eigenvalue weighted by molar-refractivity contribution is -0.384. The number of benzene rings is 4. The van der Waals surface area contributed by atoms with Crippen LogP contribution in [0.1, 0.15) is 11.1 Å². The van der Waals surface area contributed by atoms with Crippen LogP contribution in [0.15, 0.2) is 91.0 Å². The van der Waals surface area contributed by atoms with Crippen LogP contribution in [0.4, 0.5) is 5.69 Å². The molecule has 0 aliphatic heterocycles. The molecule has 0 aromatic heterocycles. The number of nitro benzene ring substituents is 1. The summed E-state index contributed by atoms with van der Waals surface area (Å²) in [6.45, 7) is 0. The summed E-state index contributed by atoms with van der Waals surface area (Å²) in [6.07, 6.45) is 0. The SMILES string of the molecule is O=[N+]([O-])c1cc(-c2ccccc2CCl)ccc1-c1ccc(-c2ccccc2CCl)cc1. The van der Waals surface area contributed by atoms with Gasteiger partial charge in [-0.05, 0) is 45.0 Å². The van der Waals surface area contributed by atoms with E-state index in [1.165, 1.54) is 0 Å². The molecule has 0 bridgehead atoms. The summed E-state index contributed by atoms with van der Waals surface area (Å²) in [5.41, 5.74) is 7.18. The van der Waals surface area contributed by atoms with E-state index in [-0.39, 0.29) is 10.6 Å². The van der Waals surface area contributed by atoms with Crippen LogP contribution >= 0.6 is 23.2 Å². The van der Waals surface area contributed by atoms with Gasteiger partial charge in [-0.25, -0.2) is 0 Å². The summed E-state index contributed by atoms with van der Waals surface area (Å²) in [6, 6.07) is 28.7. The molecule has 31 heavy (non-hydrogen) atoms. The Balaban J connectivity index is 1.75. The maximum absolute atomic E-state index is 11.9. The van der Waals surface area contributed by atoms with Gasteiger partial charge in [0, 0.05) is 17.8 Å². The van der Waals surface area contributed by atoms with Crippen molar-refractivity contribution in [3.05, 3.63) is 112 Å². The van der Waals surface area contributed by atoms with Gasteiger partial charge in [-0.15, -0.1) is 23.2 Å². The van der Waals surface area contributed by atoms with Gasteiger partial charge < -0.3 is 0 Å². The maximum atomic E-state index is 11.9. The average molecular weight is 448 g/mol. The smallest absolute Gasteiger partial charge is 0.258 e. The van der Waals surface area contributed by atoms with Gasteiger partial charge in [-0.1, -0.05) is 78.9 Å². The van der Waals surface area contributed by atoms with Crippen LogP contribution in [0, 0.1) is 10.1 Å². The van der Waals surface area contributed by atoms with Crippen molar-refractivity contribution in [3.63, 3.8) is 0 Å². The van der Waals surface area contributed by atoms with Crippen LogP contribution in [-0.4, -0.2) is 4.92 Å². The first-order valence-corrected chi connectivity index (χ1v) is 10.9. The van der Waals surface area contributed by atoms with Crippen LogP contribution in [0.5, 0.6) is 0 Å². The zero-order valence-electron chi connectivity index (χ0n) is 16.6. The monoisotopic (exact) mass is 447 g/mol. The Kier molecular flexibility index (Phi) is 6.36. The lowest BCUT2D eigenvalue weighted by Gasteiger charge is -2.11. The lowest BCUT2D eigenvalue weighted by atomic mass is 9.94. The van der Waals surface area contributed by atoms with Crippen LogP contribution in [0.3, 0.4) is 0 Å². The predicted molar refractivity (Wildman–Crippen MR) is 129 cm³/mol. The summed E-state index contributed by atoms with van der Waals surface area (Å²) in [5.74, 6) is 0.769. The molecule has 0 aliphatic rings. The molecule has 5 heteroatoms. The molecule has 0 amide bonds. The molecule has 3 nitrogen and oxygen atoms in total. The molecule has 0 N–H and O–H groups in total. The van der Waals surface area contributed by atoms with Crippen LogP contribution in [0.25, 0.3) is 33.4 Å². The molecule has 4 aromatic rings. The molecular weight excluding hydrogens is 429 g/mol. The minimum absolute atomic E-state index is 0.0655. The Morgan fingerprint density at radius 2 is 1.06 bits per heavy atom. The highest BCUT2D eigenvalue weighted by Gasteiger charge is 2.18. The van der Waals surface area contributed by atoms with Gasteiger partial charge in [0.05, 0.1) is 10.5 Å². The van der Waals surface area contributed by atoms with Crippen molar-refractivity contribution in [2.45, 2.75) is 11.8 Å². The average Bonchev–Trinajstić information content (AvgIpc) is 2.83. The third kappa shape index (κ3) is 4.34. The maximum Gasteiger partial charge on any atom is 0.277 e. The van der Waals surface area contributed by atoms with E-state index in [0.717, 1.165) is 38.9 Å². The van der Waals surface area contributed by atoms with E-state index in [0.29, 0.717) is 17.3 Å². The lowest BCUT2D eigenvalue weighted by Crippen LogP contribution is -1.94. The van der Waals surface area contributed by atoms with Gasteiger partial charge in [0.2, 0.25) is 0 Å². The van der Waals surface area contributed by atoms with Crippen LogP contribution in [0.2, 0.25) is 0 Å². The largest absolute Gasteiger partial charge is 0.277 e. The normalized spacial score (nSPS) is 10.8. The second-order valence-electron chi connectivity index (χ2n) is 7.15. The molecule has 0 fully saturated rings. The van der Waals surface area contributed by atoms with E-state index in [1.807, 2.05) is 78.9 Å². The topological polar surface area (TPSA) is 43.1 Å². The zero-order valence-corrected chi connectivity index (χ0v) is 18.1. The standard InChI is InChI=1S/C26H19Cl2NO2/c27-16-21-5-1-3-7-23(21)18-9-11-19(12-10-18)25-14-13-20(15-26(25)29(30)31)24-8-4-2-6-22(24)17-28/h1-15H,16-17H2. The Morgan fingerprint density at radius 1 is 0.613 bits per heavy atom. The van der Waals surface area contributed by atoms with Crippen molar-refractivity contribution in [1.82, 2.24) is 0 Å². The molecule has 154 valence electrons. The van der Waals surface area contributed by atoms with E-state index in [1.54, 1.807) is 12.1 Å². The summed E-state index contributed by atoms with van der Waals surface area (Å²) in [4.78, 5) is 11.5. The predicted octanol–water partition coefficient (Wildman–Crippen LogP) is 8.07. The van der Waals surface area contributed by atoms with Gasteiger partial charge >= 0.3 is 0 Å². The summed E-state index contributed by atoms with van der Waals surface area (Å²) in [5, 5.41) is 11.9. The van der Waals surface area contributed by atoms with Gasteiger partial charge in [0.15, 0.2) is 0 Å². The Bertz CT molecular complexity index is 1240. The quantitative estimate of drug-likeness (QED) is 0.170. The van der Waals surface area contributed by atoms with Crippen molar-refractivity contribution in [3.8, 4) is 33.4 Å². The third-order valence-electron chi connectivity index (χ3n) is 5.34. The molecule has 4 rings (SSSR count). The molecule has 4 aromatic carbocycles. The molecule has 0 unspecified atom stereocenters. The van der Waals surface area contributed by atoms with E-state index >= 15 is 0 Å². The number of halogens is 2. The molecule has 0 atom stereocenters. The van der Waals surface area contributed by atoms with Gasteiger partial charge in [0.1, 0.15) is 0 Å². The first-order valence-electron chi connectivity index (χ1n) is 9.79. The first kappa shape index (κ1) is 21.1. The minimum Gasteiger partial charge on any atom is -0.258 e. The van der Waals surface area contributed by atoms with Crippen molar-refractivity contribution < 1.29 is 4.92 Å². The number of hydrogen-bond donors (Lipinski definition) is 0. The summed E-state index contributed by atoms with van der Waals surface area (Å²) >= 11 is 12.1. The van der Waals surface area contributed by atoms with Gasteiger partial charge in [0.25, 0.3) is 5.69 Å². The first-order chi connectivity index (χ1) is 15.1. The van der Waals surface area contributed by atoms with Crippen molar-refractivity contribution in [2.75, 3.05) is 0 Å². The fourth-order valence-corrected chi connectivity index (χ4v) is 4.23. The molecule has 0 aliphatic carbocycles. The number of nitro groups is 1. The van der Waals surface area contributed by atoms with Crippen LogP contribution in [-0.2, 0) is 11.8 Å². The number of rotatable bonds is 6. The fraction of sp³-hybridized carbons (Fsp3) is 0.0769. The Morgan fingerprint density at radius 3 is 1.58 bits per heavy atom. The molecule has 0 radical (unpaired) electrons. The van der Waals surface area contributed by atoms with E-state index in [2.05, 4.69) is 0 Å². The molecule has 0 saturated heterocycles. The second-order valence-corrected chi connectivity index (χ2v) is 7.68. The van der Waals surface area contributed by atoms with Gasteiger partial charge in [-0.3, -0.25) is 10.1 Å². The second kappa shape index (κ2) is 9.34.